The van der Waals surface area contributed by atoms with Crippen LogP contribution in [0.25, 0.3) is 0 Å². The van der Waals surface area contributed by atoms with Crippen LogP contribution in [0.1, 0.15) is 56.4 Å². The van der Waals surface area contributed by atoms with Crippen molar-refractivity contribution in [1.29, 1.82) is 0 Å². The number of carbonyl (C=O) groups is 1. The number of halogens is 2. The summed E-state index contributed by atoms with van der Waals surface area (Å²) < 4.78 is 25.0. The van der Waals surface area contributed by atoms with Crippen LogP contribution >= 0.6 is 11.3 Å². The van der Waals surface area contributed by atoms with Gasteiger partial charge in [0.2, 0.25) is 11.0 Å². The zero-order chi connectivity index (χ0) is 16.2. The molecule has 2 atom stereocenters. The first-order valence-corrected chi connectivity index (χ1v) is 8.80. The van der Waals surface area contributed by atoms with Crippen molar-refractivity contribution >= 4 is 22.4 Å². The molecule has 1 aromatic rings. The Balaban J connectivity index is 1.44. The van der Waals surface area contributed by atoms with E-state index >= 15 is 0 Å². The molecule has 0 aromatic carbocycles. The summed E-state index contributed by atoms with van der Waals surface area (Å²) >= 11 is 0.707. The Morgan fingerprint density at radius 1 is 1.30 bits per heavy atom. The van der Waals surface area contributed by atoms with E-state index in [2.05, 4.69) is 15.5 Å². The van der Waals surface area contributed by atoms with Gasteiger partial charge in [0.05, 0.1) is 5.60 Å². The molecule has 0 spiro atoms. The minimum atomic E-state index is -2.67. The number of amides is 1. The summed E-state index contributed by atoms with van der Waals surface area (Å²) in [5, 5.41) is 20.0. The van der Waals surface area contributed by atoms with Crippen molar-refractivity contribution in [3.05, 3.63) is 5.01 Å². The standard InChI is InChI=1S/C15H19F2N3O2S/c16-11(17)12-19-20-13(23-12)18-10(21)6-14-2-8-1-9(3-14)5-15(22,4-8)7-14/h8-9,11,22H,1-7H2,(H,18,20,21)/t8-,9-,14?,15?/m1/s1. The van der Waals surface area contributed by atoms with Crippen molar-refractivity contribution < 1.29 is 18.7 Å². The van der Waals surface area contributed by atoms with Gasteiger partial charge in [-0.25, -0.2) is 8.78 Å². The molecule has 4 bridgehead atoms. The van der Waals surface area contributed by atoms with Gasteiger partial charge in [0, 0.05) is 6.42 Å². The van der Waals surface area contributed by atoms with Gasteiger partial charge in [-0.05, 0) is 55.8 Å². The van der Waals surface area contributed by atoms with E-state index in [9.17, 15) is 18.7 Å². The predicted molar refractivity (Wildman–Crippen MR) is 80.2 cm³/mol. The molecule has 4 aliphatic rings. The zero-order valence-electron chi connectivity index (χ0n) is 12.6. The first-order chi connectivity index (χ1) is 10.8. The Morgan fingerprint density at radius 2 is 2.00 bits per heavy atom. The minimum Gasteiger partial charge on any atom is -0.390 e. The fraction of sp³-hybridized carbons (Fsp3) is 0.800. The lowest BCUT2D eigenvalue weighted by molar-refractivity contribution is -0.167. The Labute approximate surface area is 136 Å². The fourth-order valence-corrected chi connectivity index (χ4v) is 6.10. The number of alkyl halides is 2. The molecule has 0 saturated heterocycles. The third-order valence-electron chi connectivity index (χ3n) is 5.56. The van der Waals surface area contributed by atoms with Gasteiger partial charge in [0.15, 0.2) is 5.01 Å². The van der Waals surface area contributed by atoms with Crippen molar-refractivity contribution in [3.63, 3.8) is 0 Å². The number of carbonyl (C=O) groups excluding carboxylic acids is 1. The summed E-state index contributed by atoms with van der Waals surface area (Å²) in [5.74, 6) is 0.814. The van der Waals surface area contributed by atoms with Gasteiger partial charge in [-0.3, -0.25) is 4.79 Å². The Kier molecular flexibility index (Phi) is 3.46. The number of nitrogens with zero attached hydrogens (tertiary/aromatic N) is 2. The minimum absolute atomic E-state index is 0.119. The van der Waals surface area contributed by atoms with E-state index in [0.717, 1.165) is 25.7 Å². The second-order valence-electron chi connectivity index (χ2n) is 7.66. The molecule has 4 fully saturated rings. The van der Waals surface area contributed by atoms with Crippen molar-refractivity contribution in [2.75, 3.05) is 5.32 Å². The van der Waals surface area contributed by atoms with Crippen molar-refractivity contribution in [2.45, 2.75) is 57.0 Å². The van der Waals surface area contributed by atoms with Gasteiger partial charge >= 0.3 is 0 Å². The Bertz CT molecular complexity index is 622. The third kappa shape index (κ3) is 2.87. The van der Waals surface area contributed by atoms with Crippen LogP contribution in [0, 0.1) is 17.3 Å². The van der Waals surface area contributed by atoms with Gasteiger partial charge < -0.3 is 10.4 Å². The van der Waals surface area contributed by atoms with E-state index in [1.54, 1.807) is 0 Å². The molecule has 0 aliphatic heterocycles. The fourth-order valence-electron chi connectivity index (χ4n) is 5.49. The van der Waals surface area contributed by atoms with Crippen LogP contribution in [-0.2, 0) is 4.79 Å². The highest BCUT2D eigenvalue weighted by molar-refractivity contribution is 7.15. The molecular weight excluding hydrogens is 324 g/mol. The number of hydrogen-bond donors (Lipinski definition) is 2. The number of aromatic nitrogens is 2. The third-order valence-corrected chi connectivity index (χ3v) is 6.41. The molecule has 5 nitrogen and oxygen atoms in total. The molecule has 2 N–H and O–H groups in total. The van der Waals surface area contributed by atoms with Crippen LogP contribution in [0.3, 0.4) is 0 Å². The summed E-state index contributed by atoms with van der Waals surface area (Å²) in [6.45, 7) is 0. The highest BCUT2D eigenvalue weighted by atomic mass is 32.1. The van der Waals surface area contributed by atoms with Crippen molar-refractivity contribution in [2.24, 2.45) is 17.3 Å². The first-order valence-electron chi connectivity index (χ1n) is 7.99. The van der Waals surface area contributed by atoms with Crippen LogP contribution in [0.5, 0.6) is 0 Å². The van der Waals surface area contributed by atoms with Gasteiger partial charge in [0.1, 0.15) is 0 Å². The van der Waals surface area contributed by atoms with Crippen LogP contribution < -0.4 is 5.32 Å². The molecule has 4 aliphatic carbocycles. The van der Waals surface area contributed by atoms with Gasteiger partial charge in [-0.1, -0.05) is 11.3 Å². The van der Waals surface area contributed by atoms with E-state index < -0.39 is 12.0 Å². The van der Waals surface area contributed by atoms with E-state index in [1.807, 2.05) is 0 Å². The molecule has 1 aromatic heterocycles. The Hall–Kier alpha value is -1.15. The van der Waals surface area contributed by atoms with Gasteiger partial charge in [-0.15, -0.1) is 10.2 Å². The summed E-state index contributed by atoms with van der Waals surface area (Å²) in [6.07, 6.45) is 3.19. The topological polar surface area (TPSA) is 75.1 Å². The van der Waals surface area contributed by atoms with E-state index in [1.165, 1.54) is 6.42 Å². The smallest absolute Gasteiger partial charge is 0.291 e. The first kappa shape index (κ1) is 15.4. The lowest BCUT2D eigenvalue weighted by Crippen LogP contribution is -2.56. The molecule has 0 unspecified atom stereocenters. The predicted octanol–water partition coefficient (Wildman–Crippen LogP) is 3.14. The summed E-state index contributed by atoms with van der Waals surface area (Å²) in [5.41, 5.74) is -0.741. The van der Waals surface area contributed by atoms with Gasteiger partial charge in [0.25, 0.3) is 6.43 Å². The number of nitrogens with one attached hydrogen (secondary N) is 1. The van der Waals surface area contributed by atoms with Crippen LogP contribution in [0.2, 0.25) is 0 Å². The van der Waals surface area contributed by atoms with Gasteiger partial charge in [-0.2, -0.15) is 0 Å². The molecule has 126 valence electrons. The maximum Gasteiger partial charge on any atom is 0.291 e. The van der Waals surface area contributed by atoms with E-state index in [-0.39, 0.29) is 21.5 Å². The summed E-state index contributed by atoms with van der Waals surface area (Å²) in [7, 11) is 0. The lowest BCUT2D eigenvalue weighted by atomic mass is 9.47. The number of anilines is 1. The van der Waals surface area contributed by atoms with Crippen LogP contribution in [0.4, 0.5) is 13.9 Å². The summed E-state index contributed by atoms with van der Waals surface area (Å²) in [6, 6.07) is 0. The maximum absolute atomic E-state index is 12.5. The van der Waals surface area contributed by atoms with Crippen LogP contribution in [0.15, 0.2) is 0 Å². The monoisotopic (exact) mass is 343 g/mol. The number of rotatable bonds is 4. The normalized spacial score (nSPS) is 38.3. The largest absolute Gasteiger partial charge is 0.390 e. The molecule has 23 heavy (non-hydrogen) atoms. The lowest BCUT2D eigenvalue weighted by Gasteiger charge is -2.60. The average Bonchev–Trinajstić information content (AvgIpc) is 2.83. The average molecular weight is 343 g/mol. The van der Waals surface area contributed by atoms with Crippen molar-refractivity contribution in [1.82, 2.24) is 10.2 Å². The molecular formula is C15H19F2N3O2S. The number of aliphatic hydroxyl groups is 1. The molecule has 1 heterocycles. The quantitative estimate of drug-likeness (QED) is 0.881. The second kappa shape index (κ2) is 5.17. The Morgan fingerprint density at radius 3 is 2.57 bits per heavy atom. The molecule has 0 radical (unpaired) electrons. The second-order valence-corrected chi connectivity index (χ2v) is 8.67. The van der Waals surface area contributed by atoms with Crippen LogP contribution in [-0.4, -0.2) is 26.8 Å². The maximum atomic E-state index is 12.5. The molecule has 4 saturated carbocycles. The molecule has 1 amide bonds. The summed E-state index contributed by atoms with van der Waals surface area (Å²) in [4.78, 5) is 12.3. The highest BCUT2D eigenvalue weighted by Gasteiger charge is 2.57. The van der Waals surface area contributed by atoms with Crippen molar-refractivity contribution in [3.8, 4) is 0 Å². The molecule has 8 heteroatoms. The van der Waals surface area contributed by atoms with E-state index in [0.29, 0.717) is 36.0 Å². The zero-order valence-corrected chi connectivity index (χ0v) is 13.4. The molecule has 5 rings (SSSR count). The SMILES string of the molecule is O=C(CC12C[C@H]3C[C@@H](CC(O)(C3)C1)C2)Nc1nnc(C(F)F)s1. The van der Waals surface area contributed by atoms with E-state index in [4.69, 9.17) is 0 Å². The highest BCUT2D eigenvalue weighted by Crippen LogP contribution is 2.62. The number of hydrogen-bond acceptors (Lipinski definition) is 5.